The van der Waals surface area contributed by atoms with E-state index in [0.29, 0.717) is 17.9 Å². The fourth-order valence-electron chi connectivity index (χ4n) is 3.15. The van der Waals surface area contributed by atoms with Gasteiger partial charge < -0.3 is 0 Å². The topological polar surface area (TPSA) is 60.1 Å². The molecule has 0 spiro atoms. The van der Waals surface area contributed by atoms with E-state index in [1.54, 1.807) is 4.68 Å². The van der Waals surface area contributed by atoms with Crippen LogP contribution in [0.1, 0.15) is 17.8 Å². The molecular weight excluding hydrogens is 344 g/mol. The van der Waals surface area contributed by atoms with Crippen LogP contribution in [0.25, 0.3) is 5.69 Å². The molecule has 1 aliphatic rings. The number of rotatable bonds is 4. The molecule has 0 N–H and O–H groups in total. The molecule has 1 aliphatic heterocycles. The summed E-state index contributed by atoms with van der Waals surface area (Å²) in [4.78, 5) is 2.02. The van der Waals surface area contributed by atoms with Crippen molar-refractivity contribution in [3.8, 4) is 5.69 Å². The quantitative estimate of drug-likeness (QED) is 0.776. The maximum atomic E-state index is 11.7. The second kappa shape index (κ2) is 6.42. The van der Waals surface area contributed by atoms with E-state index in [2.05, 4.69) is 5.10 Å². The van der Waals surface area contributed by atoms with Gasteiger partial charge in [-0.25, -0.2) is 13.1 Å². The summed E-state index contributed by atoms with van der Waals surface area (Å²) in [5.74, 6) is 1.31. The molecule has 24 heavy (non-hydrogen) atoms. The van der Waals surface area contributed by atoms with E-state index >= 15 is 0 Å². The second-order valence-electron chi connectivity index (χ2n) is 6.41. The Bertz CT molecular complexity index is 914. The third-order valence-corrected chi connectivity index (χ3v) is 6.69. The van der Waals surface area contributed by atoms with Gasteiger partial charge in [0.25, 0.3) is 0 Å². The smallest absolute Gasteiger partial charge is 0.203 e. The third-order valence-electron chi connectivity index (χ3n) is 4.55. The molecule has 1 atom stereocenters. The van der Waals surface area contributed by atoms with Crippen molar-refractivity contribution in [2.75, 3.05) is 18.6 Å². The lowest BCUT2D eigenvalue weighted by Crippen LogP contribution is -2.34. The predicted octanol–water partition coefficient (Wildman–Crippen LogP) is 2.10. The highest BCUT2D eigenvalue weighted by atomic mass is 32.2. The molecule has 8 heteroatoms. The highest BCUT2D eigenvalue weighted by Gasteiger charge is 2.31. The van der Waals surface area contributed by atoms with Gasteiger partial charge >= 0.3 is 0 Å². The minimum atomic E-state index is -2.90. The molecule has 1 aromatic heterocycles. The Kier molecular flexibility index (Phi) is 4.63. The third kappa shape index (κ3) is 3.31. The minimum absolute atomic E-state index is 0.0285. The fraction of sp³-hybridized carbons (Fsp3) is 0.500. The van der Waals surface area contributed by atoms with E-state index in [1.807, 2.05) is 54.6 Å². The number of hydrogen-bond acceptors (Lipinski definition) is 5. The molecule has 2 aromatic rings. The number of nitrogens with zero attached hydrogens (tertiary/aromatic N) is 4. The van der Waals surface area contributed by atoms with Gasteiger partial charge in [0.05, 0.1) is 23.9 Å². The lowest BCUT2D eigenvalue weighted by molar-refractivity contribution is 0.196. The molecule has 6 nitrogen and oxygen atoms in total. The van der Waals surface area contributed by atoms with Crippen LogP contribution in [0.5, 0.6) is 0 Å². The monoisotopic (exact) mass is 366 g/mol. The molecule has 0 bridgehead atoms. The predicted molar refractivity (Wildman–Crippen MR) is 96.7 cm³/mol. The van der Waals surface area contributed by atoms with Gasteiger partial charge in [-0.15, -0.1) is 0 Å². The van der Waals surface area contributed by atoms with Gasteiger partial charge in [-0.05, 0) is 51.2 Å². The van der Waals surface area contributed by atoms with Crippen LogP contribution in [0.4, 0.5) is 0 Å². The molecule has 2 heterocycles. The summed E-state index contributed by atoms with van der Waals surface area (Å²) in [5, 5.41) is 4.56. The summed E-state index contributed by atoms with van der Waals surface area (Å²) >= 11 is 5.61. The highest BCUT2D eigenvalue weighted by Crippen LogP contribution is 2.19. The van der Waals surface area contributed by atoms with Crippen LogP contribution in [0.15, 0.2) is 24.3 Å². The lowest BCUT2D eigenvalue weighted by atomic mass is 10.2. The number of hydrogen-bond donors (Lipinski definition) is 0. The van der Waals surface area contributed by atoms with Crippen molar-refractivity contribution in [1.82, 2.24) is 19.2 Å². The fourth-order valence-corrected chi connectivity index (χ4v) is 5.28. The van der Waals surface area contributed by atoms with Crippen molar-refractivity contribution in [3.05, 3.63) is 40.4 Å². The van der Waals surface area contributed by atoms with E-state index in [-0.39, 0.29) is 17.5 Å². The van der Waals surface area contributed by atoms with E-state index < -0.39 is 9.84 Å². The van der Waals surface area contributed by atoms with Crippen LogP contribution < -0.4 is 0 Å². The normalized spacial score (nSPS) is 19.9. The van der Waals surface area contributed by atoms with Crippen LogP contribution in [0.2, 0.25) is 0 Å². The molecule has 3 rings (SSSR count). The zero-order chi connectivity index (χ0) is 17.5. The Hall–Kier alpha value is -1.51. The van der Waals surface area contributed by atoms with Gasteiger partial charge in [-0.3, -0.25) is 9.47 Å². The molecule has 0 aliphatic carbocycles. The Morgan fingerprint density at radius 2 is 2.04 bits per heavy atom. The number of aryl methyl sites for hydroxylation is 2. The average molecular weight is 367 g/mol. The standard InChI is InChI=1S/C16H22N4O2S2/c1-12-6-4-5-7-15(12)20-13(2)17-19(16(20)23)11-18(3)14-8-9-24(21,22)10-14/h4-7,14H,8-11H2,1-3H3. The first-order valence-corrected chi connectivity index (χ1v) is 10.1. The van der Waals surface area contributed by atoms with Crippen molar-refractivity contribution in [1.29, 1.82) is 0 Å². The zero-order valence-electron chi connectivity index (χ0n) is 14.1. The van der Waals surface area contributed by atoms with Gasteiger partial charge in [0, 0.05) is 6.04 Å². The molecule has 1 saturated heterocycles. The summed E-state index contributed by atoms with van der Waals surface area (Å²) in [6.07, 6.45) is 0.670. The van der Waals surface area contributed by atoms with E-state index in [4.69, 9.17) is 12.2 Å². The molecule has 1 aromatic carbocycles. The summed E-state index contributed by atoms with van der Waals surface area (Å²) in [7, 11) is -0.971. The van der Waals surface area contributed by atoms with Crippen molar-refractivity contribution in [3.63, 3.8) is 0 Å². The van der Waals surface area contributed by atoms with Crippen molar-refractivity contribution < 1.29 is 8.42 Å². The highest BCUT2D eigenvalue weighted by molar-refractivity contribution is 7.91. The van der Waals surface area contributed by atoms with Crippen molar-refractivity contribution in [2.24, 2.45) is 0 Å². The number of para-hydroxylation sites is 1. The number of benzene rings is 1. The summed E-state index contributed by atoms with van der Waals surface area (Å²) in [5.41, 5.74) is 2.16. The summed E-state index contributed by atoms with van der Waals surface area (Å²) in [6.45, 7) is 4.46. The van der Waals surface area contributed by atoms with Crippen LogP contribution in [0, 0.1) is 18.6 Å². The molecule has 0 saturated carbocycles. The zero-order valence-corrected chi connectivity index (χ0v) is 15.8. The van der Waals surface area contributed by atoms with E-state index in [0.717, 1.165) is 17.1 Å². The SMILES string of the molecule is Cc1ccccc1-n1c(C)nn(CN(C)C2CCS(=O)(=O)C2)c1=S. The van der Waals surface area contributed by atoms with Crippen LogP contribution in [-0.4, -0.2) is 52.3 Å². The first-order valence-electron chi connectivity index (χ1n) is 7.91. The summed E-state index contributed by atoms with van der Waals surface area (Å²) < 4.78 is 27.7. The van der Waals surface area contributed by atoms with E-state index in [9.17, 15) is 8.42 Å². The minimum Gasteiger partial charge on any atom is -0.283 e. The van der Waals surface area contributed by atoms with Crippen LogP contribution >= 0.6 is 12.2 Å². The average Bonchev–Trinajstić information content (AvgIpc) is 3.00. The van der Waals surface area contributed by atoms with Gasteiger partial charge in [0.15, 0.2) is 9.84 Å². The van der Waals surface area contributed by atoms with Gasteiger partial charge in [0.2, 0.25) is 4.77 Å². The second-order valence-corrected chi connectivity index (χ2v) is 9.00. The Balaban J connectivity index is 1.88. The van der Waals surface area contributed by atoms with Crippen molar-refractivity contribution >= 4 is 22.1 Å². The number of aromatic nitrogens is 3. The summed E-state index contributed by atoms with van der Waals surface area (Å²) in [6, 6.07) is 8.08. The Labute approximate surface area is 147 Å². The molecule has 1 unspecified atom stereocenters. The first kappa shape index (κ1) is 17.3. The lowest BCUT2D eigenvalue weighted by Gasteiger charge is -2.22. The Morgan fingerprint density at radius 3 is 2.67 bits per heavy atom. The van der Waals surface area contributed by atoms with Crippen LogP contribution in [0.3, 0.4) is 0 Å². The van der Waals surface area contributed by atoms with Crippen LogP contribution in [-0.2, 0) is 16.5 Å². The molecule has 0 radical (unpaired) electrons. The van der Waals surface area contributed by atoms with Gasteiger partial charge in [-0.2, -0.15) is 5.10 Å². The number of sulfone groups is 1. The molecule has 130 valence electrons. The van der Waals surface area contributed by atoms with Crippen molar-refractivity contribution in [2.45, 2.75) is 33.0 Å². The van der Waals surface area contributed by atoms with Gasteiger partial charge in [0.1, 0.15) is 5.82 Å². The largest absolute Gasteiger partial charge is 0.283 e. The molecular formula is C16H22N4O2S2. The maximum absolute atomic E-state index is 11.7. The Morgan fingerprint density at radius 1 is 1.33 bits per heavy atom. The van der Waals surface area contributed by atoms with E-state index in [1.165, 1.54) is 0 Å². The first-order chi connectivity index (χ1) is 11.3. The maximum Gasteiger partial charge on any atom is 0.203 e. The molecule has 0 amide bonds. The molecule has 1 fully saturated rings. The van der Waals surface area contributed by atoms with Gasteiger partial charge in [-0.1, -0.05) is 18.2 Å².